The summed E-state index contributed by atoms with van der Waals surface area (Å²) in [5.41, 5.74) is 1.57. The SMILES string of the molecule is O=C(CCc1cccc(-c2ccc(OC(F)(F)F)c(F)c2)c1)[C@@H]1CCCN1S(=O)(=O)c1ccc(F)cc1. The molecular weight excluding hydrogens is 517 g/mol. The number of rotatable bonds is 8. The van der Waals surface area contributed by atoms with E-state index in [9.17, 15) is 35.2 Å². The molecule has 5 nitrogen and oxygen atoms in total. The Morgan fingerprint density at radius 1 is 0.973 bits per heavy atom. The lowest BCUT2D eigenvalue weighted by molar-refractivity contribution is -0.275. The van der Waals surface area contributed by atoms with E-state index in [0.717, 1.165) is 28.6 Å². The van der Waals surface area contributed by atoms with Crippen molar-refractivity contribution in [1.29, 1.82) is 0 Å². The number of hydrogen-bond donors (Lipinski definition) is 0. The zero-order chi connectivity index (χ0) is 26.8. The summed E-state index contributed by atoms with van der Waals surface area (Å²) >= 11 is 0. The Morgan fingerprint density at radius 3 is 2.35 bits per heavy atom. The number of Topliss-reactive ketones (excluding diaryl/α,β-unsaturated/α-hetero) is 1. The molecule has 0 saturated carbocycles. The summed E-state index contributed by atoms with van der Waals surface area (Å²) < 4.78 is 95.3. The molecule has 1 atom stereocenters. The lowest BCUT2D eigenvalue weighted by atomic mass is 9.98. The third-order valence-electron chi connectivity index (χ3n) is 6.07. The number of hydrogen-bond acceptors (Lipinski definition) is 4. The molecule has 3 aromatic carbocycles. The van der Waals surface area contributed by atoms with Crippen LogP contribution in [0, 0.1) is 11.6 Å². The van der Waals surface area contributed by atoms with Gasteiger partial charge in [0.15, 0.2) is 17.3 Å². The predicted octanol–water partition coefficient (Wildman–Crippen LogP) is 5.89. The second kappa shape index (κ2) is 10.6. The summed E-state index contributed by atoms with van der Waals surface area (Å²) in [7, 11) is -3.96. The third kappa shape index (κ3) is 6.34. The largest absolute Gasteiger partial charge is 0.573 e. The fourth-order valence-corrected chi connectivity index (χ4v) is 6.00. The van der Waals surface area contributed by atoms with Gasteiger partial charge in [-0.2, -0.15) is 4.31 Å². The number of carbonyl (C=O) groups excluding carboxylic acids is 1. The van der Waals surface area contributed by atoms with Crippen LogP contribution < -0.4 is 4.74 Å². The average Bonchev–Trinajstić information content (AvgIpc) is 3.35. The van der Waals surface area contributed by atoms with Crippen molar-refractivity contribution < 1.29 is 39.9 Å². The van der Waals surface area contributed by atoms with Crippen LogP contribution >= 0.6 is 0 Å². The Labute approximate surface area is 210 Å². The molecule has 1 heterocycles. The lowest BCUT2D eigenvalue weighted by Gasteiger charge is -2.23. The topological polar surface area (TPSA) is 63.7 Å². The number of aryl methyl sites for hydroxylation is 1. The van der Waals surface area contributed by atoms with E-state index in [1.54, 1.807) is 24.3 Å². The van der Waals surface area contributed by atoms with Crippen LogP contribution in [-0.2, 0) is 21.2 Å². The van der Waals surface area contributed by atoms with Gasteiger partial charge in [0.1, 0.15) is 5.82 Å². The molecule has 0 unspecified atom stereocenters. The second-order valence-corrected chi connectivity index (χ2v) is 10.5. The molecule has 1 saturated heterocycles. The third-order valence-corrected chi connectivity index (χ3v) is 8.00. The molecule has 1 aliphatic heterocycles. The predicted molar refractivity (Wildman–Crippen MR) is 125 cm³/mol. The maximum atomic E-state index is 14.1. The molecule has 0 bridgehead atoms. The van der Waals surface area contributed by atoms with Crippen LogP contribution in [0.3, 0.4) is 0 Å². The van der Waals surface area contributed by atoms with Gasteiger partial charge in [0.05, 0.1) is 10.9 Å². The minimum Gasteiger partial charge on any atom is -0.403 e. The standard InChI is InChI=1S/C26H22F5NO4S/c27-20-8-10-21(11-9-20)37(34,35)32-14-2-5-23(32)24(33)12-6-17-3-1-4-18(15-17)19-7-13-25(22(28)16-19)36-26(29,30)31/h1,3-4,7-11,13,15-16,23H,2,5-6,12,14H2/t23-/m0/s1. The van der Waals surface area contributed by atoms with E-state index in [4.69, 9.17) is 0 Å². The Balaban J connectivity index is 1.44. The van der Waals surface area contributed by atoms with Crippen molar-refractivity contribution in [3.63, 3.8) is 0 Å². The van der Waals surface area contributed by atoms with E-state index in [-0.39, 0.29) is 30.1 Å². The summed E-state index contributed by atoms with van der Waals surface area (Å²) in [6, 6.07) is 13.5. The normalized spacial score (nSPS) is 16.6. The van der Waals surface area contributed by atoms with E-state index in [2.05, 4.69) is 4.74 Å². The molecule has 0 spiro atoms. The molecule has 0 aliphatic carbocycles. The quantitative estimate of drug-likeness (QED) is 0.335. The fourth-order valence-electron chi connectivity index (χ4n) is 4.32. The summed E-state index contributed by atoms with van der Waals surface area (Å²) in [6.07, 6.45) is -3.78. The summed E-state index contributed by atoms with van der Waals surface area (Å²) in [6.45, 7) is 0.186. The van der Waals surface area contributed by atoms with Crippen molar-refractivity contribution >= 4 is 15.8 Å². The summed E-state index contributed by atoms with van der Waals surface area (Å²) in [5, 5.41) is 0. The number of carbonyl (C=O) groups is 1. The number of ketones is 1. The summed E-state index contributed by atoms with van der Waals surface area (Å²) in [4.78, 5) is 12.9. The van der Waals surface area contributed by atoms with Gasteiger partial charge in [-0.3, -0.25) is 4.79 Å². The molecule has 196 valence electrons. The van der Waals surface area contributed by atoms with Gasteiger partial charge in [-0.25, -0.2) is 17.2 Å². The highest BCUT2D eigenvalue weighted by molar-refractivity contribution is 7.89. The van der Waals surface area contributed by atoms with E-state index < -0.39 is 39.8 Å². The van der Waals surface area contributed by atoms with Crippen molar-refractivity contribution in [3.8, 4) is 16.9 Å². The van der Waals surface area contributed by atoms with Crippen molar-refractivity contribution in [2.75, 3.05) is 6.54 Å². The molecule has 0 amide bonds. The van der Waals surface area contributed by atoms with Crippen molar-refractivity contribution in [1.82, 2.24) is 4.31 Å². The molecule has 0 aromatic heterocycles. The van der Waals surface area contributed by atoms with Crippen LogP contribution in [0.4, 0.5) is 22.0 Å². The van der Waals surface area contributed by atoms with Crippen molar-refractivity contribution in [2.24, 2.45) is 0 Å². The Kier molecular flexibility index (Phi) is 7.65. The van der Waals surface area contributed by atoms with E-state index in [0.29, 0.717) is 29.5 Å². The molecule has 11 heteroatoms. The minimum atomic E-state index is -5.01. The maximum absolute atomic E-state index is 14.1. The lowest BCUT2D eigenvalue weighted by Crippen LogP contribution is -2.40. The average molecular weight is 540 g/mol. The van der Waals surface area contributed by atoms with Gasteiger partial charge in [0.25, 0.3) is 0 Å². The van der Waals surface area contributed by atoms with E-state index in [1.807, 2.05) is 0 Å². The first-order valence-corrected chi connectivity index (χ1v) is 12.8. The zero-order valence-electron chi connectivity index (χ0n) is 19.3. The molecule has 37 heavy (non-hydrogen) atoms. The molecule has 4 rings (SSSR count). The van der Waals surface area contributed by atoms with Gasteiger partial charge in [-0.1, -0.05) is 30.3 Å². The van der Waals surface area contributed by atoms with Crippen LogP contribution in [-0.4, -0.2) is 37.5 Å². The van der Waals surface area contributed by atoms with Crippen LogP contribution in [0.25, 0.3) is 11.1 Å². The number of sulfonamides is 1. The zero-order valence-corrected chi connectivity index (χ0v) is 20.2. The smallest absolute Gasteiger partial charge is 0.403 e. The molecule has 0 N–H and O–H groups in total. The number of alkyl halides is 3. The number of benzene rings is 3. The fraction of sp³-hybridized carbons (Fsp3) is 0.269. The first-order valence-electron chi connectivity index (χ1n) is 11.4. The van der Waals surface area contributed by atoms with Gasteiger partial charge >= 0.3 is 6.36 Å². The van der Waals surface area contributed by atoms with Crippen LogP contribution in [0.2, 0.25) is 0 Å². The molecule has 0 radical (unpaired) electrons. The molecule has 1 fully saturated rings. The minimum absolute atomic E-state index is 0.0519. The van der Waals surface area contributed by atoms with Gasteiger partial charge < -0.3 is 4.74 Å². The maximum Gasteiger partial charge on any atom is 0.573 e. The van der Waals surface area contributed by atoms with Gasteiger partial charge in [0, 0.05) is 13.0 Å². The van der Waals surface area contributed by atoms with Gasteiger partial charge in [0.2, 0.25) is 10.0 Å². The number of ether oxygens (including phenoxy) is 1. The summed E-state index contributed by atoms with van der Waals surface area (Å²) in [5.74, 6) is -2.93. The van der Waals surface area contributed by atoms with E-state index >= 15 is 0 Å². The Morgan fingerprint density at radius 2 is 1.68 bits per heavy atom. The van der Waals surface area contributed by atoms with Crippen LogP contribution in [0.1, 0.15) is 24.8 Å². The van der Waals surface area contributed by atoms with Crippen molar-refractivity contribution in [3.05, 3.63) is 83.9 Å². The second-order valence-electron chi connectivity index (χ2n) is 8.59. The molecule has 1 aliphatic rings. The molecule has 3 aromatic rings. The van der Waals surface area contributed by atoms with Gasteiger partial charge in [-0.15, -0.1) is 13.2 Å². The van der Waals surface area contributed by atoms with Gasteiger partial charge in [-0.05, 0) is 72.4 Å². The number of nitrogens with zero attached hydrogens (tertiary/aromatic N) is 1. The first kappa shape index (κ1) is 26.7. The van der Waals surface area contributed by atoms with E-state index in [1.165, 1.54) is 18.2 Å². The highest BCUT2D eigenvalue weighted by Crippen LogP contribution is 2.31. The highest BCUT2D eigenvalue weighted by atomic mass is 32.2. The Hall–Kier alpha value is -3.31. The first-order chi connectivity index (χ1) is 17.4. The highest BCUT2D eigenvalue weighted by Gasteiger charge is 2.39. The number of halogens is 5. The van der Waals surface area contributed by atoms with Crippen LogP contribution in [0.5, 0.6) is 5.75 Å². The Bertz CT molecular complexity index is 1390. The molecular formula is C26H22F5NO4S. The van der Waals surface area contributed by atoms with Crippen molar-refractivity contribution in [2.45, 2.75) is 43.0 Å². The van der Waals surface area contributed by atoms with Crippen LogP contribution in [0.15, 0.2) is 71.6 Å². The monoisotopic (exact) mass is 539 g/mol.